The van der Waals surface area contributed by atoms with Gasteiger partial charge in [0.2, 0.25) is 5.91 Å². The van der Waals surface area contributed by atoms with Crippen LogP contribution >= 0.6 is 0 Å². The van der Waals surface area contributed by atoms with E-state index in [-0.39, 0.29) is 46.7 Å². The number of nitrogens with two attached hydrogens (primary N) is 1. The number of amides is 1. The van der Waals surface area contributed by atoms with Crippen LogP contribution in [0, 0.1) is 46.3 Å². The van der Waals surface area contributed by atoms with E-state index >= 15 is 0 Å². The van der Waals surface area contributed by atoms with Gasteiger partial charge in [-0.2, -0.15) is 0 Å². The molecular formula is C25H44N2O4. The highest BCUT2D eigenvalue weighted by Gasteiger charge is 2.65. The summed E-state index contributed by atoms with van der Waals surface area (Å²) in [7, 11) is 0. The monoisotopic (exact) mass is 436 g/mol. The molecule has 4 fully saturated rings. The van der Waals surface area contributed by atoms with E-state index < -0.39 is 6.10 Å². The molecule has 1 amide bonds. The third-order valence-electron chi connectivity index (χ3n) is 10.5. The van der Waals surface area contributed by atoms with Crippen molar-refractivity contribution < 1.29 is 20.1 Å². The highest BCUT2D eigenvalue weighted by molar-refractivity contribution is 5.76. The lowest BCUT2D eigenvalue weighted by Gasteiger charge is -2.63. The summed E-state index contributed by atoms with van der Waals surface area (Å²) in [6, 6.07) is 0. The third kappa shape index (κ3) is 3.75. The number of carbonyl (C=O) groups is 1. The molecule has 6 N–H and O–H groups in total. The van der Waals surface area contributed by atoms with Crippen LogP contribution in [0.25, 0.3) is 0 Å². The van der Waals surface area contributed by atoms with Gasteiger partial charge in [-0.3, -0.25) is 4.79 Å². The maximum atomic E-state index is 12.3. The van der Waals surface area contributed by atoms with Gasteiger partial charge in [0.1, 0.15) is 0 Å². The van der Waals surface area contributed by atoms with Crippen LogP contribution < -0.4 is 11.1 Å². The minimum absolute atomic E-state index is 0.0435. The van der Waals surface area contributed by atoms with Crippen LogP contribution in [0.1, 0.15) is 72.1 Å². The minimum atomic E-state index is -0.407. The smallest absolute Gasteiger partial charge is 0.220 e. The van der Waals surface area contributed by atoms with Crippen molar-refractivity contribution in [2.24, 2.45) is 52.1 Å². The molecule has 0 radical (unpaired) electrons. The lowest BCUT2D eigenvalue weighted by Crippen LogP contribution is -2.62. The molecular weight excluding hydrogens is 392 g/mol. The Morgan fingerprint density at radius 1 is 1.10 bits per heavy atom. The Morgan fingerprint density at radius 3 is 2.55 bits per heavy atom. The summed E-state index contributed by atoms with van der Waals surface area (Å²) >= 11 is 0. The van der Waals surface area contributed by atoms with Crippen LogP contribution in [0.4, 0.5) is 0 Å². The van der Waals surface area contributed by atoms with E-state index in [2.05, 4.69) is 26.1 Å². The largest absolute Gasteiger partial charge is 0.393 e. The van der Waals surface area contributed by atoms with Gasteiger partial charge in [-0.1, -0.05) is 20.8 Å². The Kier molecular flexibility index (Phi) is 6.50. The summed E-state index contributed by atoms with van der Waals surface area (Å²) in [5.74, 6) is 1.67. The molecule has 0 bridgehead atoms. The van der Waals surface area contributed by atoms with Gasteiger partial charge in [-0.15, -0.1) is 0 Å². The first-order chi connectivity index (χ1) is 14.6. The van der Waals surface area contributed by atoms with Crippen molar-refractivity contribution in [3.8, 4) is 0 Å². The molecule has 0 spiro atoms. The molecule has 0 aromatic rings. The molecule has 11 unspecified atom stereocenters. The Morgan fingerprint density at radius 2 is 1.84 bits per heavy atom. The van der Waals surface area contributed by atoms with Gasteiger partial charge in [0.25, 0.3) is 0 Å². The zero-order chi connectivity index (χ0) is 22.6. The second-order valence-electron chi connectivity index (χ2n) is 11.8. The number of nitrogens with one attached hydrogen (secondary N) is 1. The molecule has 0 saturated heterocycles. The van der Waals surface area contributed by atoms with E-state index in [0.717, 1.165) is 44.9 Å². The van der Waals surface area contributed by atoms with Crippen molar-refractivity contribution in [1.82, 2.24) is 5.32 Å². The molecule has 4 rings (SSSR count). The second kappa shape index (κ2) is 8.58. The molecule has 0 heterocycles. The van der Waals surface area contributed by atoms with Gasteiger partial charge in [-0.05, 0) is 91.3 Å². The first kappa shape index (κ1) is 23.5. The minimum Gasteiger partial charge on any atom is -0.393 e. The van der Waals surface area contributed by atoms with Crippen LogP contribution in [0.3, 0.4) is 0 Å². The van der Waals surface area contributed by atoms with E-state index in [1.165, 1.54) is 0 Å². The van der Waals surface area contributed by atoms with Gasteiger partial charge in [0.05, 0.1) is 18.3 Å². The molecule has 178 valence electrons. The maximum Gasteiger partial charge on any atom is 0.220 e. The Labute approximate surface area is 187 Å². The number of aliphatic hydroxyl groups is 3. The second-order valence-corrected chi connectivity index (χ2v) is 11.8. The van der Waals surface area contributed by atoms with Crippen molar-refractivity contribution >= 4 is 5.91 Å². The number of fused-ring (bicyclic) bond motifs is 5. The van der Waals surface area contributed by atoms with Crippen LogP contribution in [-0.4, -0.2) is 52.6 Å². The predicted octanol–water partition coefficient (Wildman–Crippen LogP) is 2.05. The van der Waals surface area contributed by atoms with E-state index in [0.29, 0.717) is 37.3 Å². The summed E-state index contributed by atoms with van der Waals surface area (Å²) in [4.78, 5) is 12.3. The molecule has 31 heavy (non-hydrogen) atoms. The Balaban J connectivity index is 1.56. The van der Waals surface area contributed by atoms with Crippen molar-refractivity contribution in [2.45, 2.75) is 90.4 Å². The fraction of sp³-hybridized carbons (Fsp3) is 0.960. The fourth-order valence-corrected chi connectivity index (χ4v) is 8.85. The number of hydrogen-bond acceptors (Lipinski definition) is 5. The molecule has 4 aliphatic rings. The standard InChI is InChI=1S/C25H44N2O4/c1-14(10-22(31)27-9-8-26)17-4-5-18-23-19(13-21(30)25(17,18)3)24(2)7-6-16(28)11-15(24)12-20(23)29/h14-21,23,28-30H,4-13,26H2,1-3H3,(H,27,31). The van der Waals surface area contributed by atoms with Gasteiger partial charge in [0.15, 0.2) is 0 Å². The van der Waals surface area contributed by atoms with Gasteiger partial charge in [-0.25, -0.2) is 0 Å². The number of hydrogen-bond donors (Lipinski definition) is 5. The maximum absolute atomic E-state index is 12.3. The summed E-state index contributed by atoms with van der Waals surface area (Å²) in [6.07, 6.45) is 5.61. The zero-order valence-corrected chi connectivity index (χ0v) is 19.6. The summed E-state index contributed by atoms with van der Waals surface area (Å²) in [5.41, 5.74) is 5.35. The molecule has 6 nitrogen and oxygen atoms in total. The highest BCUT2D eigenvalue weighted by atomic mass is 16.3. The average molecular weight is 437 g/mol. The summed E-state index contributed by atoms with van der Waals surface area (Å²) in [6.45, 7) is 7.69. The van der Waals surface area contributed by atoms with Crippen molar-refractivity contribution in [1.29, 1.82) is 0 Å². The lowest BCUT2D eigenvalue weighted by atomic mass is 9.43. The molecule has 11 atom stereocenters. The van der Waals surface area contributed by atoms with Gasteiger partial charge >= 0.3 is 0 Å². The van der Waals surface area contributed by atoms with Crippen molar-refractivity contribution in [3.05, 3.63) is 0 Å². The number of carbonyl (C=O) groups excluding carboxylic acids is 1. The van der Waals surface area contributed by atoms with E-state index in [9.17, 15) is 20.1 Å². The molecule has 0 aromatic carbocycles. The topological polar surface area (TPSA) is 116 Å². The average Bonchev–Trinajstić information content (AvgIpc) is 3.07. The Bertz CT molecular complexity index is 674. The van der Waals surface area contributed by atoms with Crippen LogP contribution in [0.5, 0.6) is 0 Å². The lowest BCUT2D eigenvalue weighted by molar-refractivity contribution is -0.207. The molecule has 0 aliphatic heterocycles. The number of rotatable bonds is 5. The van der Waals surface area contributed by atoms with E-state index in [4.69, 9.17) is 5.73 Å². The summed E-state index contributed by atoms with van der Waals surface area (Å²) < 4.78 is 0. The fourth-order valence-electron chi connectivity index (χ4n) is 8.85. The molecule has 4 saturated carbocycles. The van der Waals surface area contributed by atoms with Gasteiger partial charge < -0.3 is 26.4 Å². The number of aliphatic hydroxyl groups excluding tert-OH is 3. The quantitative estimate of drug-likeness (QED) is 0.452. The predicted molar refractivity (Wildman–Crippen MR) is 120 cm³/mol. The summed E-state index contributed by atoms with van der Waals surface area (Å²) in [5, 5.41) is 36.0. The first-order valence-electron chi connectivity index (χ1n) is 12.6. The van der Waals surface area contributed by atoms with Gasteiger partial charge in [0, 0.05) is 19.5 Å². The Hall–Kier alpha value is -0.690. The van der Waals surface area contributed by atoms with Crippen molar-refractivity contribution in [3.63, 3.8) is 0 Å². The van der Waals surface area contributed by atoms with Crippen molar-refractivity contribution in [2.75, 3.05) is 13.1 Å². The first-order valence-corrected chi connectivity index (χ1v) is 12.6. The third-order valence-corrected chi connectivity index (χ3v) is 10.5. The SMILES string of the molecule is CC(CC(=O)NCCN)C1CCC2C3C(O)CC4CC(O)CCC4(C)C3CC(O)C12C. The zero-order valence-electron chi connectivity index (χ0n) is 19.6. The van der Waals surface area contributed by atoms with Crippen LogP contribution in [-0.2, 0) is 4.79 Å². The molecule has 0 aromatic heterocycles. The highest BCUT2D eigenvalue weighted by Crippen LogP contribution is 2.68. The molecule has 4 aliphatic carbocycles. The normalized spacial score (nSPS) is 50.2. The van der Waals surface area contributed by atoms with E-state index in [1.54, 1.807) is 0 Å². The van der Waals surface area contributed by atoms with Crippen LogP contribution in [0.2, 0.25) is 0 Å². The van der Waals surface area contributed by atoms with E-state index in [1.807, 2.05) is 0 Å². The molecule has 6 heteroatoms. The van der Waals surface area contributed by atoms with Crippen LogP contribution in [0.15, 0.2) is 0 Å².